The number of H-pyrrole nitrogens is 1. The van der Waals surface area contributed by atoms with Crippen molar-refractivity contribution in [2.75, 3.05) is 13.1 Å². The smallest absolute Gasteiger partial charge is 0.124 e. The summed E-state index contributed by atoms with van der Waals surface area (Å²) in [6.45, 7) is 11.6. The second-order valence-corrected chi connectivity index (χ2v) is 6.90. The fourth-order valence-electron chi connectivity index (χ4n) is 3.69. The van der Waals surface area contributed by atoms with Crippen molar-refractivity contribution in [3.05, 3.63) is 29.6 Å². The molecule has 2 heterocycles. The lowest BCUT2D eigenvalue weighted by molar-refractivity contribution is 0.0997. The Morgan fingerprint density at radius 3 is 2.67 bits per heavy atom. The van der Waals surface area contributed by atoms with Crippen LogP contribution in [0.5, 0.6) is 0 Å². The largest absolute Gasteiger partial charge is 0.341 e. The summed E-state index contributed by atoms with van der Waals surface area (Å²) in [5.41, 5.74) is 3.63. The molecule has 0 saturated carbocycles. The van der Waals surface area contributed by atoms with Crippen molar-refractivity contribution in [2.24, 2.45) is 11.8 Å². The summed E-state index contributed by atoms with van der Waals surface area (Å²) in [4.78, 5) is 10.9. The molecule has 3 rings (SSSR count). The van der Waals surface area contributed by atoms with Crippen LogP contribution >= 0.6 is 0 Å². The van der Waals surface area contributed by atoms with Crippen LogP contribution in [-0.2, 0) is 6.42 Å². The van der Waals surface area contributed by atoms with Crippen LogP contribution in [-0.4, -0.2) is 28.0 Å². The topological polar surface area (TPSA) is 31.9 Å². The Bertz CT molecular complexity index is 606. The summed E-state index contributed by atoms with van der Waals surface area (Å²) in [7, 11) is 0. The highest BCUT2D eigenvalue weighted by molar-refractivity contribution is 5.76. The van der Waals surface area contributed by atoms with E-state index in [1.165, 1.54) is 30.6 Å². The Balaban J connectivity index is 1.85. The summed E-state index contributed by atoms with van der Waals surface area (Å²) in [6, 6.07) is 6.93. The Morgan fingerprint density at radius 2 is 2.00 bits per heavy atom. The minimum absolute atomic E-state index is 0.368. The van der Waals surface area contributed by atoms with E-state index < -0.39 is 0 Å². The Labute approximate surface area is 127 Å². The normalized spacial score (nSPS) is 25.3. The van der Waals surface area contributed by atoms with Gasteiger partial charge in [0.15, 0.2) is 0 Å². The third kappa shape index (κ3) is 2.98. The maximum Gasteiger partial charge on any atom is 0.124 e. The lowest BCUT2D eigenvalue weighted by atomic mass is 9.91. The fraction of sp³-hybridized carbons (Fsp3) is 0.611. The van der Waals surface area contributed by atoms with Crippen molar-refractivity contribution in [3.63, 3.8) is 0 Å². The lowest BCUT2D eigenvalue weighted by Crippen LogP contribution is -2.40. The van der Waals surface area contributed by atoms with Gasteiger partial charge in [-0.25, -0.2) is 4.98 Å². The molecule has 1 aromatic carbocycles. The number of aromatic nitrogens is 2. The number of aryl methyl sites for hydroxylation is 1. The third-order valence-electron chi connectivity index (χ3n) is 4.81. The molecule has 0 amide bonds. The van der Waals surface area contributed by atoms with Gasteiger partial charge in [-0.05, 0) is 49.3 Å². The van der Waals surface area contributed by atoms with Crippen molar-refractivity contribution >= 4 is 11.0 Å². The van der Waals surface area contributed by atoms with Crippen molar-refractivity contribution in [1.29, 1.82) is 0 Å². The molecule has 3 heteroatoms. The highest BCUT2D eigenvalue weighted by Crippen LogP contribution is 2.29. The minimum atomic E-state index is 0.368. The molecule has 1 N–H and O–H groups in total. The lowest BCUT2D eigenvalue weighted by Gasteiger charge is -2.38. The molecule has 3 atom stereocenters. The van der Waals surface area contributed by atoms with Crippen LogP contribution in [0.25, 0.3) is 11.0 Å². The molecular weight excluding hydrogens is 258 g/mol. The highest BCUT2D eigenvalue weighted by Gasteiger charge is 2.27. The maximum absolute atomic E-state index is 4.82. The number of hydrogen-bond acceptors (Lipinski definition) is 2. The number of imidazole rings is 1. The Morgan fingerprint density at radius 1 is 1.29 bits per heavy atom. The molecule has 1 aromatic heterocycles. The fourth-order valence-corrected chi connectivity index (χ4v) is 3.69. The van der Waals surface area contributed by atoms with Crippen molar-refractivity contribution < 1.29 is 0 Å². The van der Waals surface area contributed by atoms with Gasteiger partial charge < -0.3 is 4.98 Å². The number of nitrogens with one attached hydrogen (secondary N) is 1. The van der Waals surface area contributed by atoms with E-state index >= 15 is 0 Å². The Kier molecular flexibility index (Phi) is 4.03. The van der Waals surface area contributed by atoms with Crippen LogP contribution < -0.4 is 0 Å². The van der Waals surface area contributed by atoms with E-state index in [-0.39, 0.29) is 0 Å². The van der Waals surface area contributed by atoms with Gasteiger partial charge >= 0.3 is 0 Å². The molecular formula is C18H27N3. The monoisotopic (exact) mass is 285 g/mol. The average molecular weight is 285 g/mol. The zero-order chi connectivity index (χ0) is 15.0. The molecule has 2 aromatic rings. The van der Waals surface area contributed by atoms with Gasteiger partial charge in [0.25, 0.3) is 0 Å². The van der Waals surface area contributed by atoms with E-state index in [1.807, 2.05) is 0 Å². The quantitative estimate of drug-likeness (QED) is 0.918. The third-order valence-corrected chi connectivity index (χ3v) is 4.81. The zero-order valence-electron chi connectivity index (χ0n) is 13.7. The first-order chi connectivity index (χ1) is 10.1. The number of nitrogens with zero attached hydrogens (tertiary/aromatic N) is 2. The van der Waals surface area contributed by atoms with E-state index in [0.717, 1.165) is 29.6 Å². The molecule has 1 aliphatic rings. The van der Waals surface area contributed by atoms with Gasteiger partial charge in [-0.1, -0.05) is 26.8 Å². The summed E-state index contributed by atoms with van der Waals surface area (Å²) in [6.07, 6.45) is 2.42. The van der Waals surface area contributed by atoms with Crippen LogP contribution in [0.1, 0.15) is 51.5 Å². The minimum Gasteiger partial charge on any atom is -0.341 e. The standard InChI is InChI=1S/C18H27N3/c1-5-15-6-7-16-17(9-15)20-18(19-16)14(4)21-10-12(2)8-13(3)11-21/h6-7,9,12-14H,5,8,10-11H2,1-4H3,(H,19,20). The van der Waals surface area contributed by atoms with E-state index in [1.54, 1.807) is 0 Å². The number of likely N-dealkylation sites (tertiary alicyclic amines) is 1. The predicted octanol–water partition coefficient (Wildman–Crippen LogP) is 4.16. The highest BCUT2D eigenvalue weighted by atomic mass is 15.2. The molecule has 3 unspecified atom stereocenters. The van der Waals surface area contributed by atoms with E-state index in [2.05, 4.69) is 55.8 Å². The summed E-state index contributed by atoms with van der Waals surface area (Å²) in [5, 5.41) is 0. The molecule has 0 bridgehead atoms. The van der Waals surface area contributed by atoms with Crippen molar-refractivity contribution in [3.8, 4) is 0 Å². The number of piperidine rings is 1. The summed E-state index contributed by atoms with van der Waals surface area (Å²) in [5.74, 6) is 2.68. The second kappa shape index (κ2) is 5.80. The van der Waals surface area contributed by atoms with Crippen molar-refractivity contribution in [1.82, 2.24) is 14.9 Å². The van der Waals surface area contributed by atoms with Gasteiger partial charge in [0.1, 0.15) is 5.82 Å². The number of aromatic amines is 1. The van der Waals surface area contributed by atoms with Gasteiger partial charge in [-0.15, -0.1) is 0 Å². The van der Waals surface area contributed by atoms with E-state index in [4.69, 9.17) is 4.98 Å². The molecule has 1 fully saturated rings. The molecule has 1 saturated heterocycles. The van der Waals surface area contributed by atoms with Gasteiger partial charge in [-0.3, -0.25) is 4.90 Å². The molecule has 0 radical (unpaired) electrons. The SMILES string of the molecule is CCc1ccc2nc(C(C)N3CC(C)CC(C)C3)[nH]c2c1. The van der Waals surface area contributed by atoms with E-state index in [0.29, 0.717) is 6.04 Å². The number of hydrogen-bond donors (Lipinski definition) is 1. The second-order valence-electron chi connectivity index (χ2n) is 6.90. The van der Waals surface area contributed by atoms with Crippen LogP contribution in [0.2, 0.25) is 0 Å². The summed E-state index contributed by atoms with van der Waals surface area (Å²) < 4.78 is 0. The van der Waals surface area contributed by atoms with Crippen LogP contribution in [0.3, 0.4) is 0 Å². The zero-order valence-corrected chi connectivity index (χ0v) is 13.7. The van der Waals surface area contributed by atoms with Gasteiger partial charge in [0, 0.05) is 13.1 Å². The van der Waals surface area contributed by atoms with E-state index in [9.17, 15) is 0 Å². The molecule has 3 nitrogen and oxygen atoms in total. The Hall–Kier alpha value is -1.35. The molecule has 21 heavy (non-hydrogen) atoms. The van der Waals surface area contributed by atoms with Gasteiger partial charge in [-0.2, -0.15) is 0 Å². The molecule has 0 aliphatic carbocycles. The predicted molar refractivity (Wildman–Crippen MR) is 88.4 cm³/mol. The van der Waals surface area contributed by atoms with Crippen LogP contribution in [0.4, 0.5) is 0 Å². The maximum atomic E-state index is 4.82. The van der Waals surface area contributed by atoms with Crippen LogP contribution in [0, 0.1) is 11.8 Å². The molecule has 0 spiro atoms. The average Bonchev–Trinajstić information content (AvgIpc) is 2.88. The number of rotatable bonds is 3. The first kappa shape index (κ1) is 14.6. The summed E-state index contributed by atoms with van der Waals surface area (Å²) >= 11 is 0. The molecule has 1 aliphatic heterocycles. The first-order valence-corrected chi connectivity index (χ1v) is 8.29. The number of fused-ring (bicyclic) bond motifs is 1. The molecule has 114 valence electrons. The van der Waals surface area contributed by atoms with Gasteiger partial charge in [0.2, 0.25) is 0 Å². The van der Waals surface area contributed by atoms with Crippen LogP contribution in [0.15, 0.2) is 18.2 Å². The first-order valence-electron chi connectivity index (χ1n) is 8.29. The number of benzene rings is 1. The van der Waals surface area contributed by atoms with Gasteiger partial charge in [0.05, 0.1) is 17.1 Å². The van der Waals surface area contributed by atoms with Crippen molar-refractivity contribution in [2.45, 2.75) is 46.6 Å².